The standard InChI is InChI=1S/C9H9BrClFN2/c1-5(11)4-14-9-2-6(10)7(12)3-8(9)13/h2-3,14H,1,4,13H2. The number of nitrogens with one attached hydrogen (secondary N) is 1. The summed E-state index contributed by atoms with van der Waals surface area (Å²) in [6.07, 6.45) is 0. The highest BCUT2D eigenvalue weighted by atomic mass is 79.9. The molecule has 2 nitrogen and oxygen atoms in total. The van der Waals surface area contributed by atoms with E-state index in [1.807, 2.05) is 0 Å². The molecule has 0 fully saturated rings. The van der Waals surface area contributed by atoms with Crippen molar-refractivity contribution in [3.63, 3.8) is 0 Å². The quantitative estimate of drug-likeness (QED) is 0.833. The van der Waals surface area contributed by atoms with Crippen LogP contribution in [0.15, 0.2) is 28.2 Å². The zero-order chi connectivity index (χ0) is 10.7. The Balaban J connectivity index is 2.87. The Bertz CT molecular complexity index is 368. The molecule has 0 spiro atoms. The Hall–Kier alpha value is -0.740. The fraction of sp³-hybridized carbons (Fsp3) is 0.111. The number of anilines is 2. The Morgan fingerprint density at radius 1 is 1.64 bits per heavy atom. The number of nitrogen functional groups attached to an aromatic ring is 1. The molecule has 1 rings (SSSR count). The molecule has 0 aliphatic rings. The van der Waals surface area contributed by atoms with E-state index in [0.717, 1.165) is 0 Å². The molecule has 0 heterocycles. The molecule has 0 atom stereocenters. The number of benzene rings is 1. The number of hydrogen-bond acceptors (Lipinski definition) is 2. The average molecular weight is 280 g/mol. The molecule has 0 unspecified atom stereocenters. The molecule has 3 N–H and O–H groups in total. The lowest BCUT2D eigenvalue weighted by atomic mass is 10.2. The molecule has 0 radical (unpaired) electrons. The fourth-order valence-corrected chi connectivity index (χ4v) is 1.32. The third-order valence-corrected chi connectivity index (χ3v) is 2.30. The van der Waals surface area contributed by atoms with Crippen LogP contribution in [-0.4, -0.2) is 6.54 Å². The van der Waals surface area contributed by atoms with Gasteiger partial charge in [0.1, 0.15) is 5.82 Å². The first-order valence-corrected chi connectivity index (χ1v) is 4.99. The summed E-state index contributed by atoms with van der Waals surface area (Å²) >= 11 is 8.63. The molecule has 0 aliphatic heterocycles. The van der Waals surface area contributed by atoms with Crippen LogP contribution >= 0.6 is 27.5 Å². The fourth-order valence-electron chi connectivity index (χ4n) is 0.906. The third-order valence-electron chi connectivity index (χ3n) is 1.56. The van der Waals surface area contributed by atoms with Gasteiger partial charge in [-0.25, -0.2) is 4.39 Å². The van der Waals surface area contributed by atoms with Crippen LogP contribution in [0.2, 0.25) is 0 Å². The summed E-state index contributed by atoms with van der Waals surface area (Å²) in [5, 5.41) is 3.39. The van der Waals surface area contributed by atoms with Crippen LogP contribution in [0.4, 0.5) is 15.8 Å². The van der Waals surface area contributed by atoms with E-state index in [1.165, 1.54) is 6.07 Å². The van der Waals surface area contributed by atoms with E-state index in [4.69, 9.17) is 17.3 Å². The van der Waals surface area contributed by atoms with E-state index in [1.54, 1.807) is 6.07 Å². The first-order valence-electron chi connectivity index (χ1n) is 3.82. The van der Waals surface area contributed by atoms with Crippen molar-refractivity contribution in [1.29, 1.82) is 0 Å². The van der Waals surface area contributed by atoms with Crippen LogP contribution < -0.4 is 11.1 Å². The molecule has 0 saturated heterocycles. The summed E-state index contributed by atoms with van der Waals surface area (Å²) in [5.41, 5.74) is 6.54. The van der Waals surface area contributed by atoms with Crippen molar-refractivity contribution in [2.45, 2.75) is 0 Å². The van der Waals surface area contributed by atoms with Crippen molar-refractivity contribution >= 4 is 38.9 Å². The smallest absolute Gasteiger partial charge is 0.139 e. The van der Waals surface area contributed by atoms with Gasteiger partial charge in [0.2, 0.25) is 0 Å². The highest BCUT2D eigenvalue weighted by Crippen LogP contribution is 2.26. The van der Waals surface area contributed by atoms with Gasteiger partial charge in [-0.3, -0.25) is 0 Å². The number of hydrogen-bond donors (Lipinski definition) is 2. The Kier molecular flexibility index (Phi) is 3.77. The van der Waals surface area contributed by atoms with Crippen LogP contribution in [0.5, 0.6) is 0 Å². The van der Waals surface area contributed by atoms with E-state index < -0.39 is 5.82 Å². The predicted octanol–water partition coefficient (Wildman–Crippen LogP) is 3.33. The lowest BCUT2D eigenvalue weighted by Gasteiger charge is -2.09. The van der Waals surface area contributed by atoms with E-state index in [0.29, 0.717) is 27.4 Å². The van der Waals surface area contributed by atoms with Gasteiger partial charge in [0.25, 0.3) is 0 Å². The minimum Gasteiger partial charge on any atom is -0.397 e. The van der Waals surface area contributed by atoms with Crippen molar-refractivity contribution in [3.8, 4) is 0 Å². The summed E-state index contributed by atoms with van der Waals surface area (Å²) in [4.78, 5) is 0. The maximum Gasteiger partial charge on any atom is 0.139 e. The molecule has 14 heavy (non-hydrogen) atoms. The van der Waals surface area contributed by atoms with Crippen LogP contribution in [0, 0.1) is 5.82 Å². The summed E-state index contributed by atoms with van der Waals surface area (Å²) in [6, 6.07) is 2.80. The van der Waals surface area contributed by atoms with E-state index in [9.17, 15) is 4.39 Å². The summed E-state index contributed by atoms with van der Waals surface area (Å²) in [7, 11) is 0. The van der Waals surface area contributed by atoms with Gasteiger partial charge in [-0.1, -0.05) is 18.2 Å². The van der Waals surface area contributed by atoms with Gasteiger partial charge in [0, 0.05) is 11.1 Å². The normalized spacial score (nSPS) is 9.93. The van der Waals surface area contributed by atoms with Crippen molar-refractivity contribution in [3.05, 3.63) is 34.0 Å². The molecule has 5 heteroatoms. The lowest BCUT2D eigenvalue weighted by Crippen LogP contribution is -2.04. The minimum absolute atomic E-state index is 0.337. The highest BCUT2D eigenvalue weighted by molar-refractivity contribution is 9.10. The summed E-state index contributed by atoms with van der Waals surface area (Å²) < 4.78 is 13.3. The molecule has 0 amide bonds. The monoisotopic (exact) mass is 278 g/mol. The maximum absolute atomic E-state index is 13.0. The maximum atomic E-state index is 13.0. The molecule has 0 aromatic heterocycles. The van der Waals surface area contributed by atoms with Gasteiger partial charge in [0.05, 0.1) is 22.4 Å². The topological polar surface area (TPSA) is 38.0 Å². The van der Waals surface area contributed by atoms with Gasteiger partial charge in [0.15, 0.2) is 0 Å². The van der Waals surface area contributed by atoms with Crippen LogP contribution in [-0.2, 0) is 0 Å². The molecule has 0 bridgehead atoms. The van der Waals surface area contributed by atoms with Gasteiger partial charge >= 0.3 is 0 Å². The molecule has 0 aliphatic carbocycles. The zero-order valence-corrected chi connectivity index (χ0v) is 9.62. The number of halogens is 3. The van der Waals surface area contributed by atoms with Gasteiger partial charge in [-0.15, -0.1) is 0 Å². The zero-order valence-electron chi connectivity index (χ0n) is 7.28. The summed E-state index contributed by atoms with van der Waals surface area (Å²) in [5.74, 6) is -0.391. The van der Waals surface area contributed by atoms with E-state index in [2.05, 4.69) is 27.8 Å². The molecule has 76 valence electrons. The first-order chi connectivity index (χ1) is 6.50. The second-order valence-corrected chi connectivity index (χ2v) is 4.11. The largest absolute Gasteiger partial charge is 0.397 e. The van der Waals surface area contributed by atoms with Gasteiger partial charge in [-0.2, -0.15) is 0 Å². The second kappa shape index (κ2) is 4.66. The van der Waals surface area contributed by atoms with Crippen LogP contribution in [0.1, 0.15) is 0 Å². The van der Waals surface area contributed by atoms with Crippen molar-refractivity contribution in [1.82, 2.24) is 0 Å². The van der Waals surface area contributed by atoms with Gasteiger partial charge in [-0.05, 0) is 22.0 Å². The number of nitrogens with two attached hydrogens (primary N) is 1. The van der Waals surface area contributed by atoms with Crippen molar-refractivity contribution in [2.24, 2.45) is 0 Å². The molecule has 1 aromatic carbocycles. The molecular formula is C9H9BrClFN2. The van der Waals surface area contributed by atoms with E-state index in [-0.39, 0.29) is 0 Å². The average Bonchev–Trinajstić information content (AvgIpc) is 2.09. The minimum atomic E-state index is -0.391. The number of rotatable bonds is 3. The molecule has 0 saturated carbocycles. The predicted molar refractivity (Wildman–Crippen MR) is 62.0 cm³/mol. The lowest BCUT2D eigenvalue weighted by molar-refractivity contribution is 0.622. The second-order valence-electron chi connectivity index (χ2n) is 2.72. The van der Waals surface area contributed by atoms with Gasteiger partial charge < -0.3 is 11.1 Å². The van der Waals surface area contributed by atoms with E-state index >= 15 is 0 Å². The SMILES string of the molecule is C=C(Cl)CNc1cc(Br)c(F)cc1N. The third kappa shape index (κ3) is 2.89. The van der Waals surface area contributed by atoms with Crippen molar-refractivity contribution in [2.75, 3.05) is 17.6 Å². The summed E-state index contributed by atoms with van der Waals surface area (Å²) in [6.45, 7) is 3.91. The Morgan fingerprint density at radius 3 is 2.86 bits per heavy atom. The molecular weight excluding hydrogens is 270 g/mol. The Labute approximate surface area is 95.1 Å². The molecule has 1 aromatic rings. The van der Waals surface area contributed by atoms with Crippen molar-refractivity contribution < 1.29 is 4.39 Å². The highest BCUT2D eigenvalue weighted by Gasteiger charge is 2.05. The first kappa shape index (κ1) is 11.3. The van der Waals surface area contributed by atoms with Crippen LogP contribution in [0.3, 0.4) is 0 Å². The van der Waals surface area contributed by atoms with Crippen LogP contribution in [0.25, 0.3) is 0 Å². The Morgan fingerprint density at radius 2 is 2.29 bits per heavy atom.